The van der Waals surface area contributed by atoms with Gasteiger partial charge in [0, 0.05) is 19.3 Å². The average Bonchev–Trinajstić information content (AvgIpc) is 0.922. The van der Waals surface area contributed by atoms with Gasteiger partial charge in [-0.05, 0) is 135 Å². The van der Waals surface area contributed by atoms with Crippen molar-refractivity contribution in [2.24, 2.45) is 0 Å². The van der Waals surface area contributed by atoms with Gasteiger partial charge < -0.3 is 34.2 Å². The van der Waals surface area contributed by atoms with Crippen LogP contribution in [0.5, 0.6) is 0 Å². The van der Waals surface area contributed by atoms with E-state index in [0.717, 1.165) is 141 Å². The molecule has 0 aromatic rings. The molecule has 5 unspecified atom stereocenters. The van der Waals surface area contributed by atoms with E-state index in [1.165, 1.54) is 141 Å². The van der Waals surface area contributed by atoms with Crippen molar-refractivity contribution in [1.29, 1.82) is 0 Å². The van der Waals surface area contributed by atoms with Gasteiger partial charge in [0.25, 0.3) is 0 Å². The second-order valence-corrected chi connectivity index (χ2v) is 30.1. The number of aliphatic hydroxyl groups is 2. The van der Waals surface area contributed by atoms with E-state index in [1.54, 1.807) is 0 Å². The van der Waals surface area contributed by atoms with Crippen LogP contribution in [-0.4, -0.2) is 95.9 Å². The van der Waals surface area contributed by atoms with E-state index in [2.05, 4.69) is 142 Å². The molecule has 103 heavy (non-hydrogen) atoms. The minimum Gasteiger partial charge on any atom is -0.463 e. The van der Waals surface area contributed by atoms with E-state index in [4.69, 9.17) is 32.3 Å². The maximum atomic E-state index is 13.0. The summed E-state index contributed by atoms with van der Waals surface area (Å²) in [7, 11) is -9.80. The molecule has 0 aliphatic carbocycles. The van der Waals surface area contributed by atoms with Crippen molar-refractivity contribution >= 4 is 33.6 Å². The Morgan fingerprint density at radius 3 is 0.845 bits per heavy atom. The fourth-order valence-corrected chi connectivity index (χ4v) is 12.5. The summed E-state index contributed by atoms with van der Waals surface area (Å²) in [6.45, 7) is 2.53. The number of phosphoric acid groups is 2. The molecule has 16 nitrogen and oxygen atoms in total. The Morgan fingerprint density at radius 2 is 0.515 bits per heavy atom. The molecule has 0 fully saturated rings. The van der Waals surface area contributed by atoms with Crippen molar-refractivity contribution in [3.05, 3.63) is 122 Å². The SMILES string of the molecule is CC/C=C\C/C=C\C/C=C\C/C=C\C/C=C\CCCCCCCCCCCCCCCCCC(=O)OCC(O)COP(=O)(O)OCC(O)COP(=O)(O)OCC(COC(=O)CCCCCCC/C=C\C/C=C\C/C=C\C/C=C\CCCCC)OC(=O)CCCCCCC/C=C\CCCCCCCC. The van der Waals surface area contributed by atoms with Crippen LogP contribution in [0.3, 0.4) is 0 Å². The first-order chi connectivity index (χ1) is 50.2. The van der Waals surface area contributed by atoms with Gasteiger partial charge in [-0.1, -0.05) is 309 Å². The lowest BCUT2D eigenvalue weighted by atomic mass is 10.0. The number of carbonyl (C=O) groups is 3. The fourth-order valence-electron chi connectivity index (χ4n) is 10.9. The molecule has 0 aromatic heterocycles. The number of esters is 3. The smallest absolute Gasteiger partial charge is 0.463 e. The molecule has 0 spiro atoms. The highest BCUT2D eigenvalue weighted by atomic mass is 31.2. The Hall–Kier alpha value is -4.05. The molecule has 0 saturated carbocycles. The van der Waals surface area contributed by atoms with E-state index in [0.29, 0.717) is 19.3 Å². The highest BCUT2D eigenvalue weighted by Gasteiger charge is 2.29. The quantitative estimate of drug-likeness (QED) is 0.0146. The predicted molar refractivity (Wildman–Crippen MR) is 427 cm³/mol. The van der Waals surface area contributed by atoms with Crippen LogP contribution in [0.4, 0.5) is 0 Å². The summed E-state index contributed by atoms with van der Waals surface area (Å²) in [6, 6.07) is 0. The van der Waals surface area contributed by atoms with Gasteiger partial charge in [0.15, 0.2) is 6.10 Å². The lowest BCUT2D eigenvalue weighted by molar-refractivity contribution is -0.161. The maximum Gasteiger partial charge on any atom is 0.472 e. The van der Waals surface area contributed by atoms with Gasteiger partial charge in [0.2, 0.25) is 0 Å². The molecule has 0 aliphatic heterocycles. The Kier molecular flexibility index (Phi) is 74.5. The Labute approximate surface area is 627 Å². The summed E-state index contributed by atoms with van der Waals surface area (Å²) in [5.41, 5.74) is 0. The molecule has 4 N–H and O–H groups in total. The molecular formula is C85H148O16P2. The molecule has 594 valence electrons. The zero-order valence-corrected chi connectivity index (χ0v) is 66.7. The highest BCUT2D eigenvalue weighted by Crippen LogP contribution is 2.45. The molecule has 18 heteroatoms. The Morgan fingerprint density at radius 1 is 0.282 bits per heavy atom. The molecule has 0 amide bonds. The predicted octanol–water partition coefficient (Wildman–Crippen LogP) is 24.1. The van der Waals surface area contributed by atoms with Crippen LogP contribution in [0, 0.1) is 0 Å². The first kappa shape index (κ1) is 98.9. The highest BCUT2D eigenvalue weighted by molar-refractivity contribution is 7.47. The number of hydrogen-bond acceptors (Lipinski definition) is 14. The topological polar surface area (TPSA) is 231 Å². The number of ether oxygens (including phenoxy) is 3. The number of hydrogen-bond donors (Lipinski definition) is 4. The van der Waals surface area contributed by atoms with Gasteiger partial charge >= 0.3 is 33.6 Å². The van der Waals surface area contributed by atoms with Crippen molar-refractivity contribution in [1.82, 2.24) is 0 Å². The van der Waals surface area contributed by atoms with Gasteiger partial charge in [-0.2, -0.15) is 0 Å². The van der Waals surface area contributed by atoms with Crippen molar-refractivity contribution in [3.63, 3.8) is 0 Å². The van der Waals surface area contributed by atoms with E-state index < -0.39 is 91.5 Å². The largest absolute Gasteiger partial charge is 0.472 e. The number of aliphatic hydroxyl groups excluding tert-OH is 2. The second-order valence-electron chi connectivity index (χ2n) is 27.2. The summed E-state index contributed by atoms with van der Waals surface area (Å²) < 4.78 is 61.2. The molecule has 5 atom stereocenters. The second kappa shape index (κ2) is 77.6. The van der Waals surface area contributed by atoms with Crippen molar-refractivity contribution in [2.45, 2.75) is 360 Å². The normalized spacial score (nSPS) is 14.6. The molecular weight excluding hydrogens is 1340 g/mol. The first-order valence-corrected chi connectivity index (χ1v) is 43.8. The fraction of sp³-hybridized carbons (Fsp3) is 0.729. The van der Waals surface area contributed by atoms with Gasteiger partial charge in [-0.25, -0.2) is 9.13 Å². The van der Waals surface area contributed by atoms with Crippen molar-refractivity contribution in [2.75, 3.05) is 39.6 Å². The van der Waals surface area contributed by atoms with E-state index in [9.17, 15) is 43.5 Å². The number of carbonyl (C=O) groups excluding carboxylic acids is 3. The van der Waals surface area contributed by atoms with Crippen LogP contribution in [-0.2, 0) is 55.8 Å². The Balaban J connectivity index is 4.50. The van der Waals surface area contributed by atoms with Gasteiger partial charge in [-0.15, -0.1) is 0 Å². The average molecular weight is 1490 g/mol. The van der Waals surface area contributed by atoms with Crippen LogP contribution >= 0.6 is 15.6 Å². The Bertz CT molecular complexity index is 2360. The van der Waals surface area contributed by atoms with Gasteiger partial charge in [0.1, 0.15) is 25.4 Å². The van der Waals surface area contributed by atoms with Crippen molar-refractivity contribution in [3.8, 4) is 0 Å². The molecule has 0 saturated heterocycles. The van der Waals surface area contributed by atoms with Gasteiger partial charge in [0.05, 0.1) is 26.4 Å². The minimum absolute atomic E-state index is 0.0897. The number of phosphoric ester groups is 2. The van der Waals surface area contributed by atoms with Crippen LogP contribution in [0.15, 0.2) is 122 Å². The molecule has 0 radical (unpaired) electrons. The van der Waals surface area contributed by atoms with Crippen LogP contribution in [0.2, 0.25) is 0 Å². The standard InChI is InChI=1S/C85H148O16P2/c1-4-7-10-13-16-19-22-25-28-30-32-34-35-36-37-38-39-40-41-42-43-45-47-48-51-53-56-59-62-65-68-71-83(88)95-74-80(86)75-97-102(91,92)98-76-81(87)77-99-103(93,94)100-79-82(101-85(90)73-70-67-64-61-58-55-50-27-24-21-18-15-12-9-6-3)78-96-84(89)72-69-66-63-60-57-54-52-49-46-44-33-31-29-26-23-20-17-14-11-8-5-2/h7,10,16-17,19-20,25-29,32-34,36-37,44,49-50,52,80-82,86-87H,4-6,8-9,11-15,18,21-24,30-31,35,38-43,45-48,51,53-79H2,1-3H3,(H,91,92)(H,93,94)/b10-7-,19-16-,20-17-,28-25-,29-26-,34-32-,37-36-,44-33-,50-27-,52-49-. The van der Waals surface area contributed by atoms with Crippen LogP contribution in [0.25, 0.3) is 0 Å². The third-order valence-corrected chi connectivity index (χ3v) is 19.0. The molecule has 0 heterocycles. The number of allylic oxidation sites excluding steroid dienone is 20. The summed E-state index contributed by atoms with van der Waals surface area (Å²) >= 11 is 0. The maximum absolute atomic E-state index is 13.0. The monoisotopic (exact) mass is 1490 g/mol. The summed E-state index contributed by atoms with van der Waals surface area (Å²) in [5.74, 6) is -1.60. The zero-order valence-electron chi connectivity index (χ0n) is 65.0. The third kappa shape index (κ3) is 78.8. The van der Waals surface area contributed by atoms with Gasteiger partial charge in [-0.3, -0.25) is 32.5 Å². The molecule has 0 rings (SSSR count). The first-order valence-electron chi connectivity index (χ1n) is 40.8. The summed E-state index contributed by atoms with van der Waals surface area (Å²) in [6.07, 6.45) is 92.5. The van der Waals surface area contributed by atoms with Crippen LogP contribution < -0.4 is 0 Å². The lowest BCUT2D eigenvalue weighted by Gasteiger charge is -2.21. The van der Waals surface area contributed by atoms with Crippen LogP contribution in [0.1, 0.15) is 342 Å². The zero-order chi connectivity index (χ0) is 75.2. The summed E-state index contributed by atoms with van der Waals surface area (Å²) in [5, 5.41) is 20.7. The minimum atomic E-state index is -4.94. The molecule has 0 bridgehead atoms. The van der Waals surface area contributed by atoms with E-state index in [-0.39, 0.29) is 19.3 Å². The third-order valence-electron chi connectivity index (χ3n) is 17.1. The lowest BCUT2D eigenvalue weighted by Crippen LogP contribution is -2.30. The van der Waals surface area contributed by atoms with E-state index in [1.807, 2.05) is 0 Å². The van der Waals surface area contributed by atoms with Crippen molar-refractivity contribution < 1.29 is 75.8 Å². The molecule has 0 aromatic carbocycles. The summed E-state index contributed by atoms with van der Waals surface area (Å²) in [4.78, 5) is 58.7. The number of unbranched alkanes of at least 4 members (excludes halogenated alkanes) is 34. The molecule has 0 aliphatic rings. The number of rotatable bonds is 77. The van der Waals surface area contributed by atoms with E-state index >= 15 is 0 Å².